The van der Waals surface area contributed by atoms with Gasteiger partial charge in [0, 0.05) is 24.2 Å². The van der Waals surface area contributed by atoms with E-state index in [9.17, 15) is 14.7 Å². The molecule has 0 saturated carbocycles. The number of amides is 2. The topological polar surface area (TPSA) is 78.9 Å². The number of halogens is 1. The molecule has 2 N–H and O–H groups in total. The van der Waals surface area contributed by atoms with E-state index in [1.165, 1.54) is 6.07 Å². The molecular weight excluding hydrogens is 368 g/mol. The van der Waals surface area contributed by atoms with Gasteiger partial charge < -0.3 is 20.1 Å². The molecule has 0 atom stereocenters. The third-order valence-corrected chi connectivity index (χ3v) is 4.72. The average Bonchev–Trinajstić information content (AvgIpc) is 2.68. The van der Waals surface area contributed by atoms with E-state index < -0.39 is 0 Å². The molecule has 0 unspecified atom stereocenters. The fourth-order valence-corrected chi connectivity index (χ4v) is 3.13. The first kappa shape index (κ1) is 19.0. The predicted molar refractivity (Wildman–Crippen MR) is 102 cm³/mol. The number of carbonyl (C=O) groups excluding carboxylic acids is 2. The van der Waals surface area contributed by atoms with Crippen molar-refractivity contribution < 1.29 is 19.4 Å². The lowest BCUT2D eigenvalue weighted by Crippen LogP contribution is -2.47. The quantitative estimate of drug-likeness (QED) is 0.825. The van der Waals surface area contributed by atoms with Gasteiger partial charge in [0.1, 0.15) is 11.5 Å². The van der Waals surface area contributed by atoms with Gasteiger partial charge in [0.15, 0.2) is 6.61 Å². The van der Waals surface area contributed by atoms with Crippen molar-refractivity contribution in [3.8, 4) is 11.5 Å². The van der Waals surface area contributed by atoms with E-state index in [4.69, 9.17) is 16.3 Å². The summed E-state index contributed by atoms with van der Waals surface area (Å²) in [5.74, 6) is 0.175. The van der Waals surface area contributed by atoms with Crippen LogP contribution in [-0.2, 0) is 4.79 Å². The number of aromatic hydroxyl groups is 1. The third-order valence-electron chi connectivity index (χ3n) is 4.47. The second-order valence-electron chi connectivity index (χ2n) is 6.39. The first-order valence-corrected chi connectivity index (χ1v) is 9.16. The highest BCUT2D eigenvalue weighted by atomic mass is 35.5. The van der Waals surface area contributed by atoms with E-state index in [0.29, 0.717) is 42.3 Å². The first-order chi connectivity index (χ1) is 13.0. The largest absolute Gasteiger partial charge is 0.507 e. The highest BCUT2D eigenvalue weighted by Gasteiger charge is 2.25. The number of hydrogen-bond acceptors (Lipinski definition) is 4. The zero-order valence-electron chi connectivity index (χ0n) is 14.7. The van der Waals surface area contributed by atoms with Crippen LogP contribution in [0.15, 0.2) is 48.5 Å². The molecule has 27 heavy (non-hydrogen) atoms. The maximum Gasteiger partial charge on any atom is 0.258 e. The van der Waals surface area contributed by atoms with E-state index in [-0.39, 0.29) is 30.2 Å². The molecule has 1 heterocycles. The van der Waals surface area contributed by atoms with Gasteiger partial charge in [0.2, 0.25) is 0 Å². The molecule has 2 aromatic carbocycles. The summed E-state index contributed by atoms with van der Waals surface area (Å²) in [5.41, 5.74) is 0.302. The molecule has 2 amide bonds. The second-order valence-corrected chi connectivity index (χ2v) is 6.83. The minimum Gasteiger partial charge on any atom is -0.507 e. The summed E-state index contributed by atoms with van der Waals surface area (Å²) in [7, 11) is 0. The van der Waals surface area contributed by atoms with Crippen molar-refractivity contribution >= 4 is 23.4 Å². The zero-order valence-corrected chi connectivity index (χ0v) is 15.5. The van der Waals surface area contributed by atoms with Crippen LogP contribution >= 0.6 is 11.6 Å². The number of hydrogen-bond donors (Lipinski definition) is 2. The number of phenols is 1. The Kier molecular flexibility index (Phi) is 6.19. The number of nitrogens with zero attached hydrogens (tertiary/aromatic N) is 1. The number of likely N-dealkylation sites (tertiary alicyclic amines) is 1. The molecule has 0 bridgehead atoms. The molecule has 2 aromatic rings. The molecule has 142 valence electrons. The molecule has 3 rings (SSSR count). The van der Waals surface area contributed by atoms with Gasteiger partial charge in [0.05, 0.1) is 5.56 Å². The van der Waals surface area contributed by atoms with Crippen LogP contribution in [0.1, 0.15) is 23.2 Å². The fourth-order valence-electron chi connectivity index (χ4n) is 3.00. The molecule has 1 aliphatic heterocycles. The number of phenolic OH excluding ortho intramolecular Hbond substituents is 1. The fraction of sp³-hybridized carbons (Fsp3) is 0.300. The lowest BCUT2D eigenvalue weighted by atomic mass is 10.0. The number of para-hydroxylation sites is 1. The molecule has 1 aliphatic rings. The molecule has 0 radical (unpaired) electrons. The number of rotatable bonds is 5. The molecular formula is C20H21ClN2O4. The number of piperidine rings is 1. The van der Waals surface area contributed by atoms with Crippen LogP contribution in [0.3, 0.4) is 0 Å². The SMILES string of the molecule is O=C(COc1ccc(Cl)cc1)NC1CCN(C(=O)c2ccccc2O)CC1. The Balaban J connectivity index is 1.43. The van der Waals surface area contributed by atoms with Crippen molar-refractivity contribution in [3.05, 3.63) is 59.1 Å². The van der Waals surface area contributed by atoms with Crippen molar-refractivity contribution in [3.63, 3.8) is 0 Å². The standard InChI is InChI=1S/C20H21ClN2O4/c21-14-5-7-16(8-6-14)27-13-19(25)22-15-9-11-23(12-10-15)20(26)17-3-1-2-4-18(17)24/h1-8,15,24H,9-13H2,(H,22,25). The Bertz CT molecular complexity index is 802. The highest BCUT2D eigenvalue weighted by Crippen LogP contribution is 2.20. The highest BCUT2D eigenvalue weighted by molar-refractivity contribution is 6.30. The van der Waals surface area contributed by atoms with Crippen molar-refractivity contribution in [2.45, 2.75) is 18.9 Å². The summed E-state index contributed by atoms with van der Waals surface area (Å²) in [6, 6.07) is 13.3. The first-order valence-electron chi connectivity index (χ1n) is 8.78. The minimum atomic E-state index is -0.199. The second kappa shape index (κ2) is 8.77. The van der Waals surface area contributed by atoms with Crippen LogP contribution in [0.5, 0.6) is 11.5 Å². The van der Waals surface area contributed by atoms with Crippen molar-refractivity contribution in [1.82, 2.24) is 10.2 Å². The third kappa shape index (κ3) is 5.14. The summed E-state index contributed by atoms with van der Waals surface area (Å²) in [6.45, 7) is 0.977. The van der Waals surface area contributed by atoms with Crippen LogP contribution in [0.25, 0.3) is 0 Å². The van der Waals surface area contributed by atoms with Crippen molar-refractivity contribution in [2.24, 2.45) is 0 Å². The maximum absolute atomic E-state index is 12.5. The van der Waals surface area contributed by atoms with Gasteiger partial charge in [0.25, 0.3) is 11.8 Å². The van der Waals surface area contributed by atoms with Gasteiger partial charge in [-0.1, -0.05) is 23.7 Å². The number of nitrogens with one attached hydrogen (secondary N) is 1. The monoisotopic (exact) mass is 388 g/mol. The van der Waals surface area contributed by atoms with Crippen molar-refractivity contribution in [2.75, 3.05) is 19.7 Å². The summed E-state index contributed by atoms with van der Waals surface area (Å²) >= 11 is 5.81. The Hall–Kier alpha value is -2.73. The molecule has 0 aromatic heterocycles. The van der Waals surface area contributed by atoms with Gasteiger partial charge in [-0.3, -0.25) is 9.59 Å². The van der Waals surface area contributed by atoms with Crippen LogP contribution in [0.4, 0.5) is 0 Å². The van der Waals surface area contributed by atoms with E-state index in [1.54, 1.807) is 47.4 Å². The lowest BCUT2D eigenvalue weighted by molar-refractivity contribution is -0.124. The van der Waals surface area contributed by atoms with Gasteiger partial charge in [-0.25, -0.2) is 0 Å². The van der Waals surface area contributed by atoms with Crippen molar-refractivity contribution in [1.29, 1.82) is 0 Å². The van der Waals surface area contributed by atoms with Crippen LogP contribution in [0.2, 0.25) is 5.02 Å². The van der Waals surface area contributed by atoms with Gasteiger partial charge >= 0.3 is 0 Å². The normalized spacial score (nSPS) is 14.6. The number of carbonyl (C=O) groups is 2. The number of benzene rings is 2. The van der Waals surface area contributed by atoms with E-state index in [1.807, 2.05) is 0 Å². The summed E-state index contributed by atoms with van der Waals surface area (Å²) < 4.78 is 5.43. The Morgan fingerprint density at radius 1 is 1.11 bits per heavy atom. The van der Waals surface area contributed by atoms with Crippen LogP contribution < -0.4 is 10.1 Å². The minimum absolute atomic E-state index is 0.000243. The van der Waals surface area contributed by atoms with E-state index >= 15 is 0 Å². The Morgan fingerprint density at radius 2 is 1.78 bits per heavy atom. The molecule has 1 fully saturated rings. The van der Waals surface area contributed by atoms with Gasteiger partial charge in [-0.2, -0.15) is 0 Å². The number of ether oxygens (including phenoxy) is 1. The summed E-state index contributed by atoms with van der Waals surface area (Å²) in [5, 5.41) is 13.4. The van der Waals surface area contributed by atoms with Gasteiger partial charge in [-0.05, 0) is 49.2 Å². The smallest absolute Gasteiger partial charge is 0.258 e. The summed E-state index contributed by atoms with van der Waals surface area (Å²) in [4.78, 5) is 26.2. The average molecular weight is 389 g/mol. The molecule has 6 nitrogen and oxygen atoms in total. The maximum atomic E-state index is 12.5. The Labute approximate surface area is 162 Å². The summed E-state index contributed by atoms with van der Waals surface area (Å²) in [6.07, 6.45) is 1.32. The molecule has 0 aliphatic carbocycles. The predicted octanol–water partition coefficient (Wildman–Crippen LogP) is 2.85. The van der Waals surface area contributed by atoms with E-state index in [0.717, 1.165) is 0 Å². The lowest BCUT2D eigenvalue weighted by Gasteiger charge is -2.32. The van der Waals surface area contributed by atoms with Crippen LogP contribution in [-0.4, -0.2) is 47.6 Å². The Morgan fingerprint density at radius 3 is 2.44 bits per heavy atom. The zero-order chi connectivity index (χ0) is 19.2. The molecule has 0 spiro atoms. The molecule has 7 heteroatoms. The van der Waals surface area contributed by atoms with E-state index in [2.05, 4.69) is 5.32 Å². The van der Waals surface area contributed by atoms with Gasteiger partial charge in [-0.15, -0.1) is 0 Å². The molecule has 1 saturated heterocycles. The van der Waals surface area contributed by atoms with Crippen LogP contribution in [0, 0.1) is 0 Å².